The van der Waals surface area contributed by atoms with Crippen LogP contribution >= 0.6 is 0 Å². The van der Waals surface area contributed by atoms with Crippen LogP contribution in [-0.4, -0.2) is 37.4 Å². The van der Waals surface area contributed by atoms with Crippen LogP contribution in [0.3, 0.4) is 0 Å². The van der Waals surface area contributed by atoms with Crippen LogP contribution in [0.1, 0.15) is 10.5 Å². The first-order valence-corrected chi connectivity index (χ1v) is 8.52. The fraction of sp³-hybridized carbons (Fsp3) is 0.150. The van der Waals surface area contributed by atoms with Crippen molar-refractivity contribution >= 4 is 23.1 Å². The number of carbonyl (C=O) groups is 1. The lowest BCUT2D eigenvalue weighted by Crippen LogP contribution is -2.15. The number of hydrogen-bond donors (Lipinski definition) is 2. The number of hydrogen-bond acceptors (Lipinski definition) is 7. The first-order valence-electron chi connectivity index (χ1n) is 8.52. The molecule has 0 aliphatic rings. The molecule has 0 saturated carbocycles. The van der Waals surface area contributed by atoms with Crippen LogP contribution in [-0.2, 0) is 0 Å². The van der Waals surface area contributed by atoms with Crippen LogP contribution in [0.5, 0.6) is 17.2 Å². The van der Waals surface area contributed by atoms with Crippen molar-refractivity contribution in [3.63, 3.8) is 0 Å². The molecule has 0 saturated heterocycles. The lowest BCUT2D eigenvalue weighted by Gasteiger charge is -2.14. The highest BCUT2D eigenvalue weighted by Crippen LogP contribution is 2.40. The van der Waals surface area contributed by atoms with E-state index in [-0.39, 0.29) is 11.4 Å². The lowest BCUT2D eigenvalue weighted by atomic mass is 10.2. The topological polar surface area (TPSA) is 94.6 Å². The summed E-state index contributed by atoms with van der Waals surface area (Å²) < 4.78 is 29.6. The molecule has 3 aromatic rings. The van der Waals surface area contributed by atoms with Gasteiger partial charge in [0.15, 0.2) is 23.0 Å². The van der Waals surface area contributed by atoms with Crippen molar-refractivity contribution in [2.24, 2.45) is 0 Å². The molecule has 8 nitrogen and oxygen atoms in total. The number of benzene rings is 2. The van der Waals surface area contributed by atoms with E-state index in [1.165, 1.54) is 45.6 Å². The Kier molecular flexibility index (Phi) is 6.08. The highest BCUT2D eigenvalue weighted by Gasteiger charge is 2.14. The number of halogens is 1. The van der Waals surface area contributed by atoms with Crippen molar-refractivity contribution in [3.05, 3.63) is 60.0 Å². The summed E-state index contributed by atoms with van der Waals surface area (Å²) in [5.41, 5.74) is 0.736. The van der Waals surface area contributed by atoms with Gasteiger partial charge in [-0.25, -0.2) is 4.39 Å². The maximum absolute atomic E-state index is 13.7. The standard InChI is InChI=1S/C20H19FN4O4/c1-27-16-10-12(11-17(28-2)19(16)29-3)22-18-9-8-15(24-25-18)20(26)23-14-7-5-4-6-13(14)21/h4-11H,1-3H3,(H,22,25)(H,23,26). The van der Waals surface area contributed by atoms with E-state index in [0.717, 1.165) is 0 Å². The minimum absolute atomic E-state index is 0.0451. The summed E-state index contributed by atoms with van der Waals surface area (Å²) in [5, 5.41) is 13.4. The molecule has 0 fully saturated rings. The maximum atomic E-state index is 13.7. The number of para-hydroxylation sites is 1. The van der Waals surface area contributed by atoms with E-state index in [9.17, 15) is 9.18 Å². The van der Waals surface area contributed by atoms with Crippen molar-refractivity contribution in [3.8, 4) is 17.2 Å². The number of ether oxygens (including phenoxy) is 3. The van der Waals surface area contributed by atoms with E-state index in [4.69, 9.17) is 14.2 Å². The van der Waals surface area contributed by atoms with Gasteiger partial charge in [-0.05, 0) is 24.3 Å². The summed E-state index contributed by atoms with van der Waals surface area (Å²) in [4.78, 5) is 12.2. The van der Waals surface area contributed by atoms with Crippen LogP contribution < -0.4 is 24.8 Å². The van der Waals surface area contributed by atoms with E-state index >= 15 is 0 Å². The third-order valence-electron chi connectivity index (χ3n) is 3.96. The van der Waals surface area contributed by atoms with Crippen molar-refractivity contribution in [2.45, 2.75) is 0 Å². The second-order valence-corrected chi connectivity index (χ2v) is 5.78. The molecule has 1 aromatic heterocycles. The Balaban J connectivity index is 1.75. The van der Waals surface area contributed by atoms with E-state index in [1.54, 1.807) is 24.3 Å². The van der Waals surface area contributed by atoms with Crippen molar-refractivity contribution < 1.29 is 23.4 Å². The van der Waals surface area contributed by atoms with Gasteiger partial charge in [0, 0.05) is 17.8 Å². The highest BCUT2D eigenvalue weighted by atomic mass is 19.1. The Bertz CT molecular complexity index is 987. The summed E-state index contributed by atoms with van der Waals surface area (Å²) in [6.45, 7) is 0. The van der Waals surface area contributed by atoms with E-state index < -0.39 is 11.7 Å². The first kappa shape index (κ1) is 19.9. The molecule has 2 N–H and O–H groups in total. The summed E-state index contributed by atoms with van der Waals surface area (Å²) in [7, 11) is 4.55. The van der Waals surface area contributed by atoms with Gasteiger partial charge < -0.3 is 24.8 Å². The van der Waals surface area contributed by atoms with Crippen molar-refractivity contribution in [1.29, 1.82) is 0 Å². The summed E-state index contributed by atoms with van der Waals surface area (Å²) >= 11 is 0. The number of anilines is 3. The molecular formula is C20H19FN4O4. The Labute approximate surface area is 166 Å². The minimum Gasteiger partial charge on any atom is -0.493 e. The zero-order valence-electron chi connectivity index (χ0n) is 16.0. The Morgan fingerprint density at radius 2 is 1.62 bits per heavy atom. The number of methoxy groups -OCH3 is 3. The Hall–Kier alpha value is -3.88. The van der Waals surface area contributed by atoms with Crippen molar-refractivity contribution in [2.75, 3.05) is 32.0 Å². The summed E-state index contributed by atoms with van der Waals surface area (Å²) in [6, 6.07) is 12.3. The molecule has 0 atom stereocenters. The molecule has 29 heavy (non-hydrogen) atoms. The van der Waals surface area contributed by atoms with Gasteiger partial charge in [0.25, 0.3) is 5.91 Å². The van der Waals surface area contributed by atoms with Crippen LogP contribution in [0.25, 0.3) is 0 Å². The molecule has 0 aliphatic heterocycles. The third kappa shape index (κ3) is 4.52. The van der Waals surface area contributed by atoms with Crippen LogP contribution in [0, 0.1) is 5.82 Å². The molecule has 0 aliphatic carbocycles. The number of nitrogens with zero attached hydrogens (tertiary/aromatic N) is 2. The fourth-order valence-electron chi connectivity index (χ4n) is 2.57. The first-order chi connectivity index (χ1) is 14.0. The zero-order valence-corrected chi connectivity index (χ0v) is 16.0. The minimum atomic E-state index is -0.568. The van der Waals surface area contributed by atoms with Gasteiger partial charge in [-0.3, -0.25) is 4.79 Å². The molecule has 1 amide bonds. The predicted octanol–water partition coefficient (Wildman–Crippen LogP) is 3.64. The summed E-state index contributed by atoms with van der Waals surface area (Å²) in [6.07, 6.45) is 0. The average Bonchev–Trinajstić information content (AvgIpc) is 2.75. The smallest absolute Gasteiger partial charge is 0.276 e. The average molecular weight is 398 g/mol. The van der Waals surface area contributed by atoms with E-state index in [0.29, 0.717) is 28.8 Å². The highest BCUT2D eigenvalue weighted by molar-refractivity contribution is 6.02. The van der Waals surface area contributed by atoms with E-state index in [2.05, 4.69) is 20.8 Å². The summed E-state index contributed by atoms with van der Waals surface area (Å²) in [5.74, 6) is 0.705. The molecule has 0 unspecified atom stereocenters. The quantitative estimate of drug-likeness (QED) is 0.627. The van der Waals surface area contributed by atoms with Gasteiger partial charge in [-0.2, -0.15) is 0 Å². The van der Waals surface area contributed by atoms with Gasteiger partial charge in [0.05, 0.1) is 27.0 Å². The van der Waals surface area contributed by atoms with Crippen LogP contribution in [0.15, 0.2) is 48.5 Å². The SMILES string of the molecule is COc1cc(Nc2ccc(C(=O)Nc3ccccc3F)nn2)cc(OC)c1OC. The maximum Gasteiger partial charge on any atom is 0.276 e. The molecular weight excluding hydrogens is 379 g/mol. The number of amides is 1. The number of aromatic nitrogens is 2. The molecule has 2 aromatic carbocycles. The molecule has 0 spiro atoms. The Morgan fingerprint density at radius 3 is 2.17 bits per heavy atom. The molecule has 3 rings (SSSR count). The normalized spacial score (nSPS) is 10.2. The molecule has 9 heteroatoms. The van der Waals surface area contributed by atoms with Gasteiger partial charge in [0.2, 0.25) is 5.75 Å². The largest absolute Gasteiger partial charge is 0.493 e. The zero-order chi connectivity index (χ0) is 20.8. The molecule has 1 heterocycles. The predicted molar refractivity (Wildman–Crippen MR) is 106 cm³/mol. The second kappa shape index (κ2) is 8.87. The number of rotatable bonds is 7. The van der Waals surface area contributed by atoms with E-state index in [1.807, 2.05) is 0 Å². The molecule has 0 radical (unpaired) electrons. The fourth-order valence-corrected chi connectivity index (χ4v) is 2.57. The number of nitrogens with one attached hydrogen (secondary N) is 2. The molecule has 0 bridgehead atoms. The second-order valence-electron chi connectivity index (χ2n) is 5.78. The molecule has 150 valence electrons. The van der Waals surface area contributed by atoms with Crippen LogP contribution in [0.4, 0.5) is 21.6 Å². The van der Waals surface area contributed by atoms with Gasteiger partial charge in [-0.1, -0.05) is 12.1 Å². The monoisotopic (exact) mass is 398 g/mol. The van der Waals surface area contributed by atoms with Crippen LogP contribution in [0.2, 0.25) is 0 Å². The third-order valence-corrected chi connectivity index (χ3v) is 3.96. The lowest BCUT2D eigenvalue weighted by molar-refractivity contribution is 0.102. The van der Waals surface area contributed by atoms with Gasteiger partial charge in [-0.15, -0.1) is 10.2 Å². The van der Waals surface area contributed by atoms with Gasteiger partial charge >= 0.3 is 0 Å². The van der Waals surface area contributed by atoms with Gasteiger partial charge in [0.1, 0.15) is 5.82 Å². The number of carbonyl (C=O) groups excluding carboxylic acids is 1. The van der Waals surface area contributed by atoms with Crippen molar-refractivity contribution in [1.82, 2.24) is 10.2 Å². The Morgan fingerprint density at radius 1 is 0.931 bits per heavy atom.